The number of ether oxygens (including phenoxy) is 2. The number of carbonyl (C=O) groups excluding carboxylic acids is 1. The van der Waals surface area contributed by atoms with E-state index in [9.17, 15) is 18.7 Å². The van der Waals surface area contributed by atoms with Crippen molar-refractivity contribution in [3.63, 3.8) is 0 Å². The molecule has 4 nitrogen and oxygen atoms in total. The van der Waals surface area contributed by atoms with E-state index in [-0.39, 0.29) is 17.7 Å². The predicted molar refractivity (Wildman–Crippen MR) is 56.8 cm³/mol. The molecule has 18 heavy (non-hydrogen) atoms. The van der Waals surface area contributed by atoms with Gasteiger partial charge in [0, 0.05) is 5.56 Å². The average molecular weight is 258 g/mol. The van der Waals surface area contributed by atoms with E-state index in [4.69, 9.17) is 4.74 Å². The molecule has 1 aliphatic rings. The number of benzene rings is 1. The van der Waals surface area contributed by atoms with Crippen molar-refractivity contribution < 1.29 is 28.2 Å². The van der Waals surface area contributed by atoms with Crippen molar-refractivity contribution in [2.75, 3.05) is 6.61 Å². The number of alkyl halides is 2. The Labute approximate surface area is 102 Å². The monoisotopic (exact) mass is 258 g/mol. The van der Waals surface area contributed by atoms with Gasteiger partial charge < -0.3 is 14.6 Å². The lowest BCUT2D eigenvalue weighted by Crippen LogP contribution is -2.37. The molecule has 0 saturated carbocycles. The molecule has 0 radical (unpaired) electrons. The number of rotatable bonds is 3. The Kier molecular flexibility index (Phi) is 3.32. The molecule has 0 aliphatic carbocycles. The van der Waals surface area contributed by atoms with Gasteiger partial charge in [0.05, 0.1) is 6.61 Å². The van der Waals surface area contributed by atoms with E-state index in [0.717, 1.165) is 0 Å². The summed E-state index contributed by atoms with van der Waals surface area (Å²) in [7, 11) is 0. The van der Waals surface area contributed by atoms with Gasteiger partial charge in [0.2, 0.25) is 0 Å². The summed E-state index contributed by atoms with van der Waals surface area (Å²) in [4.78, 5) is 11.2. The molecule has 6 heteroatoms. The van der Waals surface area contributed by atoms with Gasteiger partial charge in [-0.2, -0.15) is 8.78 Å². The van der Waals surface area contributed by atoms with Crippen LogP contribution in [-0.4, -0.2) is 23.6 Å². The summed E-state index contributed by atoms with van der Waals surface area (Å²) >= 11 is 0. The molecular formula is C12H12F2O4. The van der Waals surface area contributed by atoms with E-state index in [2.05, 4.69) is 4.74 Å². The molecule has 1 N–H and O–H groups in total. The summed E-state index contributed by atoms with van der Waals surface area (Å²) in [6.07, 6.45) is -3.27. The first kappa shape index (κ1) is 12.9. The molecule has 0 fully saturated rings. The van der Waals surface area contributed by atoms with Gasteiger partial charge in [-0.05, 0) is 12.5 Å². The van der Waals surface area contributed by atoms with Crippen LogP contribution in [0.4, 0.5) is 8.78 Å². The largest absolute Gasteiger partial charge is 0.461 e. The van der Waals surface area contributed by atoms with Crippen molar-refractivity contribution in [3.05, 3.63) is 35.4 Å². The van der Waals surface area contributed by atoms with Crippen LogP contribution >= 0.6 is 0 Å². The highest BCUT2D eigenvalue weighted by atomic mass is 19.3. The van der Waals surface area contributed by atoms with Crippen LogP contribution < -0.4 is 0 Å². The molecule has 1 heterocycles. The van der Waals surface area contributed by atoms with Gasteiger partial charge in [-0.3, -0.25) is 0 Å². The molecule has 0 bridgehead atoms. The van der Waals surface area contributed by atoms with Gasteiger partial charge in [0.25, 0.3) is 0 Å². The Hall–Kier alpha value is -1.53. The maximum Gasteiger partial charge on any atom is 0.380 e. The van der Waals surface area contributed by atoms with Crippen molar-refractivity contribution in [2.24, 2.45) is 0 Å². The van der Waals surface area contributed by atoms with Gasteiger partial charge in [0.1, 0.15) is 0 Å². The molecule has 98 valence electrons. The number of halogens is 2. The summed E-state index contributed by atoms with van der Waals surface area (Å²) in [5, 5.41) is 9.52. The Bertz CT molecular complexity index is 461. The number of aliphatic hydroxyl groups is 1. The third-order valence-electron chi connectivity index (χ3n) is 2.69. The highest BCUT2D eigenvalue weighted by Gasteiger charge is 2.54. The molecule has 0 spiro atoms. The topological polar surface area (TPSA) is 55.8 Å². The maximum atomic E-state index is 13.9. The first-order valence-electron chi connectivity index (χ1n) is 5.45. The van der Waals surface area contributed by atoms with Gasteiger partial charge >= 0.3 is 11.9 Å². The van der Waals surface area contributed by atoms with Gasteiger partial charge in [-0.1, -0.05) is 24.3 Å². The normalized spacial score (nSPS) is 22.7. The zero-order chi connectivity index (χ0) is 13.3. The van der Waals surface area contributed by atoms with Gasteiger partial charge in [-0.15, -0.1) is 0 Å². The van der Waals surface area contributed by atoms with E-state index in [0.29, 0.717) is 0 Å². The second kappa shape index (κ2) is 4.62. The molecule has 2 atom stereocenters. The van der Waals surface area contributed by atoms with Crippen LogP contribution in [0.1, 0.15) is 30.4 Å². The molecule has 1 aliphatic heterocycles. The number of hydrogen-bond donors (Lipinski definition) is 1. The third kappa shape index (κ3) is 1.97. The molecular weight excluding hydrogens is 246 g/mol. The zero-order valence-corrected chi connectivity index (χ0v) is 9.60. The van der Waals surface area contributed by atoms with Crippen LogP contribution in [0.3, 0.4) is 0 Å². The van der Waals surface area contributed by atoms with Crippen molar-refractivity contribution in [1.82, 2.24) is 0 Å². The van der Waals surface area contributed by atoms with E-state index in [1.165, 1.54) is 25.1 Å². The Morgan fingerprint density at radius 2 is 2.06 bits per heavy atom. The van der Waals surface area contributed by atoms with Crippen LogP contribution in [0.2, 0.25) is 0 Å². The summed E-state index contributed by atoms with van der Waals surface area (Å²) in [5.74, 6) is -5.48. The first-order chi connectivity index (χ1) is 8.48. The maximum absolute atomic E-state index is 13.9. The number of aliphatic hydroxyl groups excluding tert-OH is 1. The summed E-state index contributed by atoms with van der Waals surface area (Å²) in [6.45, 7) is 1.29. The molecule has 2 unspecified atom stereocenters. The first-order valence-corrected chi connectivity index (χ1v) is 5.45. The predicted octanol–water partition coefficient (Wildman–Crippen LogP) is 1.95. The highest BCUT2D eigenvalue weighted by Crippen LogP contribution is 2.46. The van der Waals surface area contributed by atoms with Crippen molar-refractivity contribution in [3.8, 4) is 0 Å². The standard InChI is InChI=1S/C12H12F2O4/c1-2-17-11(16)12(13,14)9-7-5-3-4-6-8(7)10(15)18-9/h3-6,9-10,15H,2H2,1H3. The lowest BCUT2D eigenvalue weighted by Gasteiger charge is -2.21. The lowest BCUT2D eigenvalue weighted by molar-refractivity contribution is -0.218. The summed E-state index contributed by atoms with van der Waals surface area (Å²) in [5.41, 5.74) is 0.342. The average Bonchev–Trinajstić information content (AvgIpc) is 2.68. The smallest absolute Gasteiger partial charge is 0.380 e. The number of esters is 1. The lowest BCUT2D eigenvalue weighted by atomic mass is 10.0. The van der Waals surface area contributed by atoms with E-state index >= 15 is 0 Å². The van der Waals surface area contributed by atoms with E-state index in [1.807, 2.05) is 0 Å². The van der Waals surface area contributed by atoms with Crippen LogP contribution in [0.5, 0.6) is 0 Å². The van der Waals surface area contributed by atoms with Crippen LogP contribution in [0, 0.1) is 0 Å². The Morgan fingerprint density at radius 3 is 2.67 bits per heavy atom. The fraction of sp³-hybridized carbons (Fsp3) is 0.417. The quantitative estimate of drug-likeness (QED) is 0.842. The minimum Gasteiger partial charge on any atom is -0.461 e. The molecule has 1 aromatic carbocycles. The number of fused-ring (bicyclic) bond motifs is 1. The fourth-order valence-corrected chi connectivity index (χ4v) is 1.87. The molecule has 1 aromatic rings. The number of hydrogen-bond acceptors (Lipinski definition) is 4. The third-order valence-corrected chi connectivity index (χ3v) is 2.69. The Morgan fingerprint density at radius 1 is 1.44 bits per heavy atom. The van der Waals surface area contributed by atoms with Crippen molar-refractivity contribution in [2.45, 2.75) is 25.2 Å². The SMILES string of the molecule is CCOC(=O)C(F)(F)C1OC(O)c2ccccc21. The van der Waals surface area contributed by atoms with E-state index in [1.54, 1.807) is 6.07 Å². The Balaban J connectivity index is 2.33. The molecule has 0 saturated heterocycles. The van der Waals surface area contributed by atoms with Gasteiger partial charge in [0.15, 0.2) is 12.4 Å². The zero-order valence-electron chi connectivity index (χ0n) is 9.60. The second-order valence-electron chi connectivity index (χ2n) is 3.84. The molecule has 0 aromatic heterocycles. The fourth-order valence-electron chi connectivity index (χ4n) is 1.87. The minimum absolute atomic E-state index is 0.100. The highest BCUT2D eigenvalue weighted by molar-refractivity contribution is 5.79. The van der Waals surface area contributed by atoms with E-state index < -0.39 is 24.3 Å². The molecule has 2 rings (SSSR count). The minimum atomic E-state index is -3.83. The molecule has 0 amide bonds. The van der Waals surface area contributed by atoms with Crippen molar-refractivity contribution >= 4 is 5.97 Å². The van der Waals surface area contributed by atoms with Crippen molar-refractivity contribution in [1.29, 1.82) is 0 Å². The summed E-state index contributed by atoms with van der Waals surface area (Å²) < 4.78 is 36.8. The van der Waals surface area contributed by atoms with Crippen LogP contribution in [0.15, 0.2) is 24.3 Å². The van der Waals surface area contributed by atoms with Gasteiger partial charge in [-0.25, -0.2) is 4.79 Å². The van der Waals surface area contributed by atoms with Crippen LogP contribution in [0.25, 0.3) is 0 Å². The van der Waals surface area contributed by atoms with Crippen LogP contribution in [-0.2, 0) is 14.3 Å². The summed E-state index contributed by atoms with van der Waals surface area (Å²) in [6, 6.07) is 6.00. The number of carbonyl (C=O) groups is 1. The second-order valence-corrected chi connectivity index (χ2v) is 3.84.